The highest BCUT2D eigenvalue weighted by Gasteiger charge is 2.14. The third-order valence-electron chi connectivity index (χ3n) is 4.29. The summed E-state index contributed by atoms with van der Waals surface area (Å²) < 4.78 is 13.6. The Balaban J connectivity index is 2.38. The molecule has 0 saturated carbocycles. The molecule has 2 rings (SSSR count). The van der Waals surface area contributed by atoms with Gasteiger partial charge in [-0.15, -0.1) is 0 Å². The van der Waals surface area contributed by atoms with E-state index in [2.05, 4.69) is 51.2 Å². The first-order chi connectivity index (χ1) is 11.8. The maximum Gasteiger partial charge on any atom is 0.123 e. The molecule has 0 atom stereocenters. The van der Waals surface area contributed by atoms with Gasteiger partial charge in [0.2, 0.25) is 0 Å². The van der Waals surface area contributed by atoms with Crippen molar-refractivity contribution in [1.82, 2.24) is 0 Å². The molecule has 0 heterocycles. The number of hydrogen-bond donors (Lipinski definition) is 1. The van der Waals surface area contributed by atoms with E-state index in [1.54, 1.807) is 13.0 Å². The Morgan fingerprint density at radius 3 is 2.20 bits per heavy atom. The average Bonchev–Trinajstić information content (AvgIpc) is 2.53. The molecule has 0 unspecified atom stereocenters. The third kappa shape index (κ3) is 5.09. The van der Waals surface area contributed by atoms with Crippen LogP contribution in [0.25, 0.3) is 6.08 Å². The highest BCUT2D eigenvalue weighted by Crippen LogP contribution is 2.33. The van der Waals surface area contributed by atoms with Crippen LogP contribution in [-0.4, -0.2) is 0 Å². The largest absolute Gasteiger partial charge is 0.380 e. The van der Waals surface area contributed by atoms with E-state index in [4.69, 9.17) is 11.6 Å². The standard InChI is InChI=1S/C22H27ClFN/c1-14(2)20-7-6-8-21(15(3)4)22(20)25-13-17-9-10-19(24)12-18(17)11-16(5)23/h6-12,14-15,25H,13H2,1-5H3/b16-11-. The molecule has 0 saturated heterocycles. The van der Waals surface area contributed by atoms with Gasteiger partial charge in [-0.25, -0.2) is 4.39 Å². The fourth-order valence-electron chi connectivity index (χ4n) is 3.01. The Morgan fingerprint density at radius 1 is 1.08 bits per heavy atom. The van der Waals surface area contributed by atoms with Crippen LogP contribution in [0.2, 0.25) is 0 Å². The van der Waals surface area contributed by atoms with Crippen LogP contribution < -0.4 is 5.32 Å². The van der Waals surface area contributed by atoms with Crippen molar-refractivity contribution in [3.8, 4) is 0 Å². The zero-order valence-electron chi connectivity index (χ0n) is 15.7. The zero-order valence-corrected chi connectivity index (χ0v) is 16.4. The summed E-state index contributed by atoms with van der Waals surface area (Å²) in [7, 11) is 0. The van der Waals surface area contributed by atoms with E-state index < -0.39 is 0 Å². The van der Waals surface area contributed by atoms with Crippen LogP contribution in [0, 0.1) is 5.82 Å². The Kier molecular flexibility index (Phi) is 6.66. The van der Waals surface area contributed by atoms with E-state index in [-0.39, 0.29) is 5.82 Å². The Bertz CT molecular complexity index is 732. The number of allylic oxidation sites excluding steroid dienone is 1. The monoisotopic (exact) mass is 359 g/mol. The van der Waals surface area contributed by atoms with Crippen molar-refractivity contribution >= 4 is 23.4 Å². The van der Waals surface area contributed by atoms with E-state index in [1.807, 2.05) is 6.07 Å². The lowest BCUT2D eigenvalue weighted by molar-refractivity contribution is 0.626. The summed E-state index contributed by atoms with van der Waals surface area (Å²) >= 11 is 6.01. The van der Waals surface area contributed by atoms with Gasteiger partial charge in [0.05, 0.1) is 0 Å². The number of anilines is 1. The topological polar surface area (TPSA) is 12.0 Å². The predicted octanol–water partition coefficient (Wildman–Crippen LogP) is 7.28. The average molecular weight is 360 g/mol. The second-order valence-corrected chi connectivity index (χ2v) is 7.64. The quantitative estimate of drug-likeness (QED) is 0.571. The van der Waals surface area contributed by atoms with Crippen molar-refractivity contribution < 1.29 is 4.39 Å². The Hall–Kier alpha value is -1.80. The second kappa shape index (κ2) is 8.53. The molecule has 25 heavy (non-hydrogen) atoms. The molecule has 0 aliphatic rings. The summed E-state index contributed by atoms with van der Waals surface area (Å²) in [6.07, 6.45) is 1.80. The Morgan fingerprint density at radius 2 is 1.68 bits per heavy atom. The van der Waals surface area contributed by atoms with Crippen molar-refractivity contribution in [2.75, 3.05) is 5.32 Å². The lowest BCUT2D eigenvalue weighted by atomic mass is 9.92. The Labute approximate surface area is 155 Å². The van der Waals surface area contributed by atoms with Gasteiger partial charge in [-0.05, 0) is 59.2 Å². The fraction of sp³-hybridized carbons (Fsp3) is 0.364. The molecule has 1 nitrogen and oxygen atoms in total. The molecule has 3 heteroatoms. The molecule has 134 valence electrons. The zero-order chi connectivity index (χ0) is 18.6. The minimum absolute atomic E-state index is 0.252. The van der Waals surface area contributed by atoms with Crippen molar-refractivity contribution in [2.45, 2.75) is 53.0 Å². The molecule has 1 N–H and O–H groups in total. The molecule has 0 amide bonds. The van der Waals surface area contributed by atoms with Gasteiger partial charge < -0.3 is 5.32 Å². The summed E-state index contributed by atoms with van der Waals surface area (Å²) in [6.45, 7) is 11.2. The molecular weight excluding hydrogens is 333 g/mol. The van der Waals surface area contributed by atoms with Gasteiger partial charge in [-0.2, -0.15) is 0 Å². The smallest absolute Gasteiger partial charge is 0.123 e. The summed E-state index contributed by atoms with van der Waals surface area (Å²) in [5.41, 5.74) is 5.63. The third-order valence-corrected chi connectivity index (χ3v) is 4.40. The summed E-state index contributed by atoms with van der Waals surface area (Å²) in [5, 5.41) is 4.24. The minimum Gasteiger partial charge on any atom is -0.380 e. The maximum absolute atomic E-state index is 13.6. The van der Waals surface area contributed by atoms with E-state index in [0.717, 1.165) is 11.1 Å². The van der Waals surface area contributed by atoms with Gasteiger partial charge in [-0.3, -0.25) is 0 Å². The molecule has 0 aliphatic heterocycles. The van der Waals surface area contributed by atoms with Gasteiger partial charge >= 0.3 is 0 Å². The number of para-hydroxylation sites is 1. The molecule has 0 fully saturated rings. The summed E-state index contributed by atoms with van der Waals surface area (Å²) in [4.78, 5) is 0. The number of nitrogens with one attached hydrogen (secondary N) is 1. The minimum atomic E-state index is -0.252. The molecule has 2 aromatic rings. The molecule has 0 radical (unpaired) electrons. The molecular formula is C22H27ClFN. The van der Waals surface area contributed by atoms with Crippen molar-refractivity contribution in [2.24, 2.45) is 0 Å². The van der Waals surface area contributed by atoms with Crippen LogP contribution in [0.5, 0.6) is 0 Å². The van der Waals surface area contributed by atoms with Crippen molar-refractivity contribution in [3.63, 3.8) is 0 Å². The first-order valence-electron chi connectivity index (χ1n) is 8.78. The molecule has 2 aromatic carbocycles. The van der Waals surface area contributed by atoms with Gasteiger partial charge in [0.15, 0.2) is 0 Å². The van der Waals surface area contributed by atoms with E-state index in [1.165, 1.54) is 28.9 Å². The normalized spacial score (nSPS) is 12.1. The fourth-order valence-corrected chi connectivity index (χ4v) is 3.13. The number of rotatable bonds is 6. The van der Waals surface area contributed by atoms with Gasteiger partial charge in [0.1, 0.15) is 5.82 Å². The molecule has 0 spiro atoms. The SMILES string of the molecule is C/C(Cl)=C/c1cc(F)ccc1CNc1c(C(C)C)cccc1C(C)C. The van der Waals surface area contributed by atoms with Crippen LogP contribution in [-0.2, 0) is 6.54 Å². The van der Waals surface area contributed by atoms with E-state index >= 15 is 0 Å². The van der Waals surface area contributed by atoms with Crippen LogP contribution in [0.4, 0.5) is 10.1 Å². The van der Waals surface area contributed by atoms with Gasteiger partial charge in [-0.1, -0.05) is 63.6 Å². The second-order valence-electron chi connectivity index (χ2n) is 7.05. The first kappa shape index (κ1) is 19.5. The van der Waals surface area contributed by atoms with Crippen LogP contribution >= 0.6 is 11.6 Å². The van der Waals surface area contributed by atoms with Crippen molar-refractivity contribution in [1.29, 1.82) is 0 Å². The highest BCUT2D eigenvalue weighted by atomic mass is 35.5. The predicted molar refractivity (Wildman–Crippen MR) is 108 cm³/mol. The van der Waals surface area contributed by atoms with E-state index in [0.29, 0.717) is 23.4 Å². The number of benzene rings is 2. The van der Waals surface area contributed by atoms with Crippen LogP contribution in [0.1, 0.15) is 68.7 Å². The highest BCUT2D eigenvalue weighted by molar-refractivity contribution is 6.31. The first-order valence-corrected chi connectivity index (χ1v) is 9.16. The van der Waals surface area contributed by atoms with E-state index in [9.17, 15) is 4.39 Å². The van der Waals surface area contributed by atoms with Crippen LogP contribution in [0.15, 0.2) is 41.4 Å². The number of halogens is 2. The lowest BCUT2D eigenvalue weighted by Crippen LogP contribution is -2.08. The van der Waals surface area contributed by atoms with Gasteiger partial charge in [0.25, 0.3) is 0 Å². The maximum atomic E-state index is 13.6. The van der Waals surface area contributed by atoms with Gasteiger partial charge in [0, 0.05) is 17.3 Å². The molecule has 0 aromatic heterocycles. The molecule has 0 aliphatic carbocycles. The summed E-state index contributed by atoms with van der Waals surface area (Å²) in [5.74, 6) is 0.608. The lowest BCUT2D eigenvalue weighted by Gasteiger charge is -2.21. The van der Waals surface area contributed by atoms with Crippen LogP contribution in [0.3, 0.4) is 0 Å². The number of hydrogen-bond acceptors (Lipinski definition) is 1. The molecule has 0 bridgehead atoms. The van der Waals surface area contributed by atoms with Crippen molar-refractivity contribution in [3.05, 3.63) is 69.5 Å². The summed E-state index contributed by atoms with van der Waals surface area (Å²) in [6, 6.07) is 11.3.